The van der Waals surface area contributed by atoms with E-state index in [1.165, 1.54) is 37.4 Å². The van der Waals surface area contributed by atoms with E-state index in [9.17, 15) is 36.5 Å². The molecule has 1 amide bonds. The van der Waals surface area contributed by atoms with Gasteiger partial charge in [0, 0.05) is 37.3 Å². The number of rotatable bonds is 10. The molecule has 0 radical (unpaired) electrons. The van der Waals surface area contributed by atoms with Crippen LogP contribution in [0, 0.1) is 15.5 Å². The van der Waals surface area contributed by atoms with E-state index >= 15 is 0 Å². The Morgan fingerprint density at radius 1 is 1.06 bits per heavy atom. The topological polar surface area (TPSA) is 197 Å². The first-order valence-electron chi connectivity index (χ1n) is 14.4. The number of amides is 1. The second-order valence-electron chi connectivity index (χ2n) is 10.8. The van der Waals surface area contributed by atoms with E-state index in [-0.39, 0.29) is 41.8 Å². The Hall–Kier alpha value is -5.55. The number of amidine groups is 1. The van der Waals surface area contributed by atoms with Crippen molar-refractivity contribution < 1.29 is 45.9 Å². The average molecular weight is 702 g/mol. The van der Waals surface area contributed by atoms with Gasteiger partial charge in [0.15, 0.2) is 0 Å². The summed E-state index contributed by atoms with van der Waals surface area (Å²) in [5.74, 6) is -2.65. The summed E-state index contributed by atoms with van der Waals surface area (Å²) in [4.78, 5) is 35.1. The molecule has 49 heavy (non-hydrogen) atoms. The number of carbonyl (C=O) groups excluding carboxylic acids is 1. The van der Waals surface area contributed by atoms with E-state index in [0.717, 1.165) is 15.3 Å². The Morgan fingerprint density at radius 2 is 1.71 bits per heavy atom. The number of carboxylic acids is 1. The molecule has 258 valence electrons. The molecule has 17 heteroatoms. The zero-order valence-corrected chi connectivity index (χ0v) is 26.6. The molecule has 1 aliphatic heterocycles. The third kappa shape index (κ3) is 8.68. The smallest absolute Gasteiger partial charge is 0.490 e. The normalized spacial score (nSPS) is 14.8. The number of nitrogens with two attached hydrogens (primary N) is 1. The number of alkyl halides is 3. The van der Waals surface area contributed by atoms with Crippen LogP contribution in [0.3, 0.4) is 0 Å². The van der Waals surface area contributed by atoms with Crippen molar-refractivity contribution in [1.82, 2.24) is 9.21 Å². The number of nitrogen functional groups attached to an aromatic ring is 1. The maximum atomic E-state index is 14.2. The summed E-state index contributed by atoms with van der Waals surface area (Å²) >= 11 is 0. The van der Waals surface area contributed by atoms with Gasteiger partial charge in [-0.15, -0.1) is 0 Å². The van der Waals surface area contributed by atoms with E-state index in [2.05, 4.69) is 0 Å². The Balaban J connectivity index is 0.000000698. The van der Waals surface area contributed by atoms with Gasteiger partial charge in [-0.1, -0.05) is 42.5 Å². The molecule has 5 rings (SSSR count). The molecule has 0 bridgehead atoms. The van der Waals surface area contributed by atoms with Crippen LogP contribution in [0.4, 0.5) is 18.9 Å². The van der Waals surface area contributed by atoms with E-state index < -0.39 is 33.1 Å². The number of non-ortho nitro benzene ring substituents is 1. The number of carbonyl (C=O) groups is 2. The number of halogens is 3. The summed E-state index contributed by atoms with van der Waals surface area (Å²) in [5.41, 5.74) is 7.11. The third-order valence-corrected chi connectivity index (χ3v) is 9.41. The largest absolute Gasteiger partial charge is 0.497 e. The van der Waals surface area contributed by atoms with Crippen LogP contribution in [0.1, 0.15) is 23.1 Å². The predicted octanol–water partition coefficient (Wildman–Crippen LogP) is 4.67. The summed E-state index contributed by atoms with van der Waals surface area (Å²) in [6.07, 6.45) is -4.85. The van der Waals surface area contributed by atoms with Crippen LogP contribution in [-0.2, 0) is 32.7 Å². The van der Waals surface area contributed by atoms with Crippen LogP contribution in [0.2, 0.25) is 0 Å². The van der Waals surface area contributed by atoms with Crippen LogP contribution >= 0.6 is 0 Å². The molecule has 0 unspecified atom stereocenters. The molecule has 0 aromatic heterocycles. The summed E-state index contributed by atoms with van der Waals surface area (Å²) in [6.45, 7) is 0.296. The minimum atomic E-state index is -5.08. The number of methoxy groups -OCH3 is 1. The van der Waals surface area contributed by atoms with Gasteiger partial charge in [0.25, 0.3) is 5.69 Å². The number of nitro benzene ring substituents is 1. The Labute approximate surface area is 278 Å². The first-order chi connectivity index (χ1) is 23.0. The second-order valence-corrected chi connectivity index (χ2v) is 12.7. The number of fused-ring (bicyclic) bond motifs is 1. The van der Waals surface area contributed by atoms with Gasteiger partial charge in [-0.05, 0) is 58.7 Å². The van der Waals surface area contributed by atoms with Crippen molar-refractivity contribution in [3.8, 4) is 5.75 Å². The highest BCUT2D eigenvalue weighted by Gasteiger charge is 2.42. The molecule has 13 nitrogen and oxygen atoms in total. The van der Waals surface area contributed by atoms with E-state index in [1.807, 2.05) is 12.1 Å². The number of aliphatic carboxylic acids is 1. The number of benzene rings is 4. The van der Waals surface area contributed by atoms with Gasteiger partial charge in [-0.2, -0.15) is 17.5 Å². The minimum Gasteiger partial charge on any atom is -0.497 e. The predicted molar refractivity (Wildman–Crippen MR) is 171 cm³/mol. The number of sulfonamides is 1. The number of hydrogen-bond donors (Lipinski definition) is 3. The number of carboxylic acid groups (broad SMARTS) is 1. The Morgan fingerprint density at radius 3 is 2.35 bits per heavy atom. The number of nitro groups is 1. The molecule has 1 saturated heterocycles. The van der Waals surface area contributed by atoms with Gasteiger partial charge in [-0.25, -0.2) is 13.2 Å². The molecular formula is C32H30F3N5O8S. The van der Waals surface area contributed by atoms with Crippen molar-refractivity contribution in [3.05, 3.63) is 112 Å². The van der Waals surface area contributed by atoms with Crippen LogP contribution in [0.15, 0.2) is 89.8 Å². The number of ether oxygens (including phenoxy) is 1. The van der Waals surface area contributed by atoms with E-state index in [1.54, 1.807) is 47.4 Å². The van der Waals surface area contributed by atoms with Gasteiger partial charge < -0.3 is 20.5 Å². The van der Waals surface area contributed by atoms with Gasteiger partial charge in [0.05, 0.1) is 16.9 Å². The molecule has 0 aliphatic carbocycles. The molecule has 0 saturated carbocycles. The van der Waals surface area contributed by atoms with Crippen molar-refractivity contribution in [2.75, 3.05) is 13.7 Å². The second kappa shape index (κ2) is 14.7. The first kappa shape index (κ1) is 36.3. The summed E-state index contributed by atoms with van der Waals surface area (Å²) in [6, 6.07) is 21.8. The van der Waals surface area contributed by atoms with Crippen molar-refractivity contribution in [2.45, 2.75) is 36.6 Å². The van der Waals surface area contributed by atoms with Crippen LogP contribution in [-0.4, -0.2) is 71.2 Å². The van der Waals surface area contributed by atoms with Crippen LogP contribution in [0.5, 0.6) is 5.75 Å². The molecule has 4 N–H and O–H groups in total. The van der Waals surface area contributed by atoms with Gasteiger partial charge in [0.2, 0.25) is 15.9 Å². The van der Waals surface area contributed by atoms with Crippen LogP contribution < -0.4 is 10.5 Å². The maximum Gasteiger partial charge on any atom is 0.490 e. The number of nitrogens with one attached hydrogen (secondary N) is 1. The van der Waals surface area contributed by atoms with Crippen LogP contribution in [0.25, 0.3) is 10.8 Å². The lowest BCUT2D eigenvalue weighted by atomic mass is 10.1. The van der Waals surface area contributed by atoms with Crippen molar-refractivity contribution in [1.29, 1.82) is 5.41 Å². The highest BCUT2D eigenvalue weighted by Crippen LogP contribution is 2.31. The van der Waals surface area contributed by atoms with Crippen molar-refractivity contribution in [2.24, 2.45) is 5.73 Å². The highest BCUT2D eigenvalue weighted by atomic mass is 32.2. The minimum absolute atomic E-state index is 0.00547. The maximum absolute atomic E-state index is 14.2. The van der Waals surface area contributed by atoms with E-state index in [4.69, 9.17) is 25.8 Å². The summed E-state index contributed by atoms with van der Waals surface area (Å²) < 4.78 is 66.6. The summed E-state index contributed by atoms with van der Waals surface area (Å²) in [7, 11) is -2.72. The zero-order chi connectivity index (χ0) is 36.1. The lowest BCUT2D eigenvalue weighted by Crippen LogP contribution is -2.44. The fourth-order valence-electron chi connectivity index (χ4n) is 5.14. The van der Waals surface area contributed by atoms with Gasteiger partial charge in [-0.3, -0.25) is 20.3 Å². The fourth-order valence-corrected chi connectivity index (χ4v) is 6.78. The molecule has 1 atom stereocenters. The Kier molecular flexibility index (Phi) is 10.9. The molecule has 0 spiro atoms. The molecule has 1 aliphatic rings. The average Bonchev–Trinajstić information content (AvgIpc) is 3.41. The molecule has 1 fully saturated rings. The molecule has 4 aromatic rings. The quantitative estimate of drug-likeness (QED) is 0.0911. The number of nitrogens with zero attached hydrogens (tertiary/aromatic N) is 3. The lowest BCUT2D eigenvalue weighted by molar-refractivity contribution is -0.384. The fraction of sp³-hybridized carbons (Fsp3) is 0.219. The Bertz CT molecular complexity index is 2020. The standard InChI is InChI=1S/C30H29N5O6S.C2HF3O2/c1-41-26-10-8-22-9-11-27(17-24(22)16-26)42(39,40)34(19-21-5-3-7-25(15-21)35(37)38)28-12-13-33(30(28)36)18-20-4-2-6-23(14-20)29(31)32;3-2(4,5)1(6)7/h2-11,14-17,28H,12-13,18-19H2,1H3,(H3,31,32);(H,6,7)/t28-;/m0./s1. The highest BCUT2D eigenvalue weighted by molar-refractivity contribution is 7.89. The molecule has 4 aromatic carbocycles. The monoisotopic (exact) mass is 701 g/mol. The molecular weight excluding hydrogens is 671 g/mol. The lowest BCUT2D eigenvalue weighted by Gasteiger charge is -2.28. The number of likely N-dealkylation sites (tertiary alicyclic amines) is 1. The van der Waals surface area contributed by atoms with Gasteiger partial charge >= 0.3 is 12.1 Å². The summed E-state index contributed by atoms with van der Waals surface area (Å²) in [5, 5.41) is 27.7. The molecule has 1 heterocycles. The zero-order valence-electron chi connectivity index (χ0n) is 25.8. The third-order valence-electron chi connectivity index (χ3n) is 7.56. The van der Waals surface area contributed by atoms with Crippen molar-refractivity contribution in [3.63, 3.8) is 0 Å². The number of hydrogen-bond acceptors (Lipinski definition) is 8. The van der Waals surface area contributed by atoms with E-state index in [0.29, 0.717) is 28.8 Å². The van der Waals surface area contributed by atoms with Gasteiger partial charge in [0.1, 0.15) is 17.6 Å². The first-order valence-corrected chi connectivity index (χ1v) is 15.8. The SMILES string of the molecule is COc1ccc2ccc(S(=O)(=O)N(Cc3cccc([N+](=O)[O-])c3)[C@H]3CCN(Cc4cccc(C(=N)N)c4)C3=O)cc2c1.O=C(O)C(F)(F)F. The van der Waals surface area contributed by atoms with Crippen molar-refractivity contribution >= 4 is 44.2 Å².